The first-order chi connectivity index (χ1) is 12.9. The normalized spacial score (nSPS) is 11.9. The summed E-state index contributed by atoms with van der Waals surface area (Å²) in [7, 11) is -7.45. The molecule has 8 nitrogen and oxygen atoms in total. The van der Waals surface area contributed by atoms with Crippen LogP contribution in [0.5, 0.6) is 0 Å². The molecule has 0 heterocycles. The van der Waals surface area contributed by atoms with E-state index in [0.29, 0.717) is 5.56 Å². The van der Waals surface area contributed by atoms with Gasteiger partial charge in [0, 0.05) is 17.8 Å². The molecule has 0 radical (unpaired) electrons. The SMILES string of the molecule is CCNS(=O)(=O)c1ccc(C)c(C(=O)Nc2ccc(F)c(NS(C)(=O)=O)c2)c1. The van der Waals surface area contributed by atoms with Gasteiger partial charge in [-0.25, -0.2) is 25.9 Å². The number of halogens is 1. The van der Waals surface area contributed by atoms with Crippen LogP contribution in [0.3, 0.4) is 0 Å². The Bertz CT molecular complexity index is 1120. The summed E-state index contributed by atoms with van der Waals surface area (Å²) in [5.74, 6) is -1.43. The predicted octanol–water partition coefficient (Wildman–Crippen LogP) is 2.06. The minimum absolute atomic E-state index is 0.0661. The first-order valence-electron chi connectivity index (χ1n) is 8.12. The van der Waals surface area contributed by atoms with Crippen molar-refractivity contribution < 1.29 is 26.0 Å². The van der Waals surface area contributed by atoms with Gasteiger partial charge in [-0.2, -0.15) is 0 Å². The highest BCUT2D eigenvalue weighted by molar-refractivity contribution is 7.92. The van der Waals surface area contributed by atoms with Crippen LogP contribution in [-0.4, -0.2) is 35.5 Å². The number of carbonyl (C=O) groups is 1. The molecular formula is C17H20FN3O5S2. The van der Waals surface area contributed by atoms with Crippen molar-refractivity contribution in [2.75, 3.05) is 22.8 Å². The molecule has 0 fully saturated rings. The van der Waals surface area contributed by atoms with E-state index in [1.54, 1.807) is 13.8 Å². The predicted molar refractivity (Wildman–Crippen MR) is 105 cm³/mol. The first-order valence-corrected chi connectivity index (χ1v) is 11.5. The number of benzene rings is 2. The highest BCUT2D eigenvalue weighted by atomic mass is 32.2. The molecule has 2 rings (SSSR count). The summed E-state index contributed by atoms with van der Waals surface area (Å²) in [6.45, 7) is 3.47. The molecule has 0 saturated heterocycles. The van der Waals surface area contributed by atoms with Crippen molar-refractivity contribution in [2.24, 2.45) is 0 Å². The number of hydrogen-bond donors (Lipinski definition) is 3. The lowest BCUT2D eigenvalue weighted by molar-refractivity contribution is 0.102. The third kappa shape index (κ3) is 5.50. The van der Waals surface area contributed by atoms with Crippen LogP contribution in [0.4, 0.5) is 15.8 Å². The van der Waals surface area contributed by atoms with Gasteiger partial charge in [0.15, 0.2) is 0 Å². The van der Waals surface area contributed by atoms with Gasteiger partial charge < -0.3 is 5.32 Å². The number of aryl methyl sites for hydroxylation is 1. The van der Waals surface area contributed by atoms with E-state index in [1.807, 2.05) is 4.72 Å². The lowest BCUT2D eigenvalue weighted by Crippen LogP contribution is -2.24. The van der Waals surface area contributed by atoms with Crippen LogP contribution in [-0.2, 0) is 20.0 Å². The van der Waals surface area contributed by atoms with Crippen molar-refractivity contribution >= 4 is 37.3 Å². The van der Waals surface area contributed by atoms with Crippen molar-refractivity contribution in [3.63, 3.8) is 0 Å². The van der Waals surface area contributed by atoms with E-state index in [2.05, 4.69) is 10.0 Å². The van der Waals surface area contributed by atoms with Crippen molar-refractivity contribution in [3.05, 3.63) is 53.3 Å². The standard InChI is InChI=1S/C17H20FN3O5S2/c1-4-19-28(25,26)13-7-5-11(2)14(10-13)17(22)20-12-6-8-15(18)16(9-12)21-27(3,23)24/h5-10,19,21H,4H2,1-3H3,(H,20,22). The fourth-order valence-electron chi connectivity index (χ4n) is 2.37. The lowest BCUT2D eigenvalue weighted by Gasteiger charge is -2.12. The number of amides is 1. The molecular weight excluding hydrogens is 409 g/mol. The average molecular weight is 429 g/mol. The Morgan fingerprint density at radius 1 is 1.07 bits per heavy atom. The van der Waals surface area contributed by atoms with Gasteiger partial charge in [0.05, 0.1) is 16.8 Å². The molecule has 0 aliphatic rings. The number of carbonyl (C=O) groups excluding carboxylic acids is 1. The van der Waals surface area contributed by atoms with Crippen LogP contribution in [0.15, 0.2) is 41.3 Å². The zero-order chi connectivity index (χ0) is 21.1. The molecule has 0 aromatic heterocycles. The van der Waals surface area contributed by atoms with Crippen LogP contribution in [0.2, 0.25) is 0 Å². The molecule has 152 valence electrons. The van der Waals surface area contributed by atoms with Crippen molar-refractivity contribution in [3.8, 4) is 0 Å². The molecule has 0 saturated carbocycles. The van der Waals surface area contributed by atoms with Gasteiger partial charge >= 0.3 is 0 Å². The smallest absolute Gasteiger partial charge is 0.255 e. The molecule has 28 heavy (non-hydrogen) atoms. The van der Waals surface area contributed by atoms with Crippen LogP contribution in [0.1, 0.15) is 22.8 Å². The third-order valence-electron chi connectivity index (χ3n) is 3.62. The number of nitrogens with one attached hydrogen (secondary N) is 3. The molecule has 2 aromatic carbocycles. The summed E-state index contributed by atoms with van der Waals surface area (Å²) in [6, 6.07) is 7.51. The second-order valence-electron chi connectivity index (χ2n) is 6.00. The van der Waals surface area contributed by atoms with Gasteiger partial charge in [0.25, 0.3) is 5.91 Å². The highest BCUT2D eigenvalue weighted by Gasteiger charge is 2.18. The van der Waals surface area contributed by atoms with E-state index in [1.165, 1.54) is 24.3 Å². The van der Waals surface area contributed by atoms with Gasteiger partial charge in [0.2, 0.25) is 20.0 Å². The van der Waals surface area contributed by atoms with Crippen molar-refractivity contribution in [2.45, 2.75) is 18.7 Å². The number of rotatable bonds is 7. The Balaban J connectivity index is 2.34. The molecule has 0 bridgehead atoms. The Kier molecular flexibility index (Phi) is 6.42. The summed E-state index contributed by atoms with van der Waals surface area (Å²) in [5.41, 5.74) is 0.461. The Hall–Kier alpha value is -2.50. The second kappa shape index (κ2) is 8.25. The molecule has 0 unspecified atom stereocenters. The summed E-state index contributed by atoms with van der Waals surface area (Å²) in [5, 5.41) is 2.51. The maximum atomic E-state index is 13.8. The van der Waals surface area contributed by atoms with Crippen LogP contribution in [0.25, 0.3) is 0 Å². The number of anilines is 2. The van der Waals surface area contributed by atoms with Gasteiger partial charge in [-0.15, -0.1) is 0 Å². The van der Waals surface area contributed by atoms with Gasteiger partial charge in [-0.05, 0) is 42.8 Å². The zero-order valence-corrected chi connectivity index (χ0v) is 17.0. The second-order valence-corrected chi connectivity index (χ2v) is 9.52. The van der Waals surface area contributed by atoms with E-state index in [0.717, 1.165) is 18.4 Å². The number of hydrogen-bond acceptors (Lipinski definition) is 5. The van der Waals surface area contributed by atoms with E-state index in [4.69, 9.17) is 0 Å². The topological polar surface area (TPSA) is 121 Å². The molecule has 11 heteroatoms. The quantitative estimate of drug-likeness (QED) is 0.622. The molecule has 0 aliphatic heterocycles. The maximum absolute atomic E-state index is 13.8. The van der Waals surface area contributed by atoms with E-state index in [9.17, 15) is 26.0 Å². The highest BCUT2D eigenvalue weighted by Crippen LogP contribution is 2.22. The van der Waals surface area contributed by atoms with Gasteiger partial charge in [-0.1, -0.05) is 13.0 Å². The fourth-order valence-corrected chi connectivity index (χ4v) is 3.99. The van der Waals surface area contributed by atoms with E-state index in [-0.39, 0.29) is 28.4 Å². The molecule has 1 amide bonds. The van der Waals surface area contributed by atoms with Crippen LogP contribution in [0, 0.1) is 12.7 Å². The molecule has 2 aromatic rings. The molecule has 0 atom stereocenters. The monoisotopic (exact) mass is 429 g/mol. The first kappa shape index (κ1) is 21.8. The third-order valence-corrected chi connectivity index (χ3v) is 5.75. The molecule has 0 aliphatic carbocycles. The van der Waals surface area contributed by atoms with Gasteiger partial charge in [-0.3, -0.25) is 9.52 Å². The minimum atomic E-state index is -3.74. The van der Waals surface area contributed by atoms with E-state index >= 15 is 0 Å². The van der Waals surface area contributed by atoms with Crippen molar-refractivity contribution in [1.82, 2.24) is 4.72 Å². The summed E-state index contributed by atoms with van der Waals surface area (Å²) < 4.78 is 65.0. The van der Waals surface area contributed by atoms with Crippen LogP contribution < -0.4 is 14.8 Å². The fraction of sp³-hybridized carbons (Fsp3) is 0.235. The van der Waals surface area contributed by atoms with Crippen molar-refractivity contribution in [1.29, 1.82) is 0 Å². The van der Waals surface area contributed by atoms with Crippen LogP contribution >= 0.6 is 0 Å². The summed E-state index contributed by atoms with van der Waals surface area (Å²) in [4.78, 5) is 12.5. The summed E-state index contributed by atoms with van der Waals surface area (Å²) >= 11 is 0. The summed E-state index contributed by atoms with van der Waals surface area (Å²) in [6.07, 6.45) is 0.872. The average Bonchev–Trinajstić information content (AvgIpc) is 2.56. The molecule has 0 spiro atoms. The largest absolute Gasteiger partial charge is 0.322 e. The zero-order valence-electron chi connectivity index (χ0n) is 15.4. The number of sulfonamides is 2. The van der Waals surface area contributed by atoms with E-state index < -0.39 is 31.8 Å². The molecule has 3 N–H and O–H groups in total. The minimum Gasteiger partial charge on any atom is -0.322 e. The Morgan fingerprint density at radius 3 is 2.36 bits per heavy atom. The van der Waals surface area contributed by atoms with Gasteiger partial charge in [0.1, 0.15) is 5.82 Å². The Labute approximate surface area is 163 Å². The lowest BCUT2D eigenvalue weighted by atomic mass is 10.1. The Morgan fingerprint density at radius 2 is 1.75 bits per heavy atom. The maximum Gasteiger partial charge on any atom is 0.255 e.